The summed E-state index contributed by atoms with van der Waals surface area (Å²) in [6.07, 6.45) is 5.17. The molecular formula is C14H17N3O. The van der Waals surface area contributed by atoms with Gasteiger partial charge in [0.1, 0.15) is 5.69 Å². The molecular weight excluding hydrogens is 226 g/mol. The molecule has 4 nitrogen and oxygen atoms in total. The number of nitrogens with one attached hydrogen (secondary N) is 1. The van der Waals surface area contributed by atoms with Gasteiger partial charge in [-0.2, -0.15) is 0 Å². The first kappa shape index (κ1) is 11.3. The number of fused-ring (bicyclic) bond motifs is 1. The number of aromatic nitrogens is 2. The van der Waals surface area contributed by atoms with Gasteiger partial charge < -0.3 is 9.88 Å². The Bertz CT molecular complexity index is 542. The lowest BCUT2D eigenvalue weighted by Crippen LogP contribution is -2.42. The van der Waals surface area contributed by atoms with Gasteiger partial charge in [0, 0.05) is 18.8 Å². The number of carbonyl (C=O) groups excluding carboxylic acids is 1. The monoisotopic (exact) mass is 243 g/mol. The molecule has 1 fully saturated rings. The van der Waals surface area contributed by atoms with Crippen LogP contribution in [0.3, 0.4) is 0 Å². The van der Waals surface area contributed by atoms with Crippen LogP contribution in [-0.4, -0.2) is 33.4 Å². The topological polar surface area (TPSA) is 49.0 Å². The number of pyridine rings is 1. The summed E-state index contributed by atoms with van der Waals surface area (Å²) in [5.74, 6) is 0.0974. The third-order valence-electron chi connectivity index (χ3n) is 3.68. The van der Waals surface area contributed by atoms with E-state index in [9.17, 15) is 4.79 Å². The van der Waals surface area contributed by atoms with Crippen LogP contribution in [0.5, 0.6) is 0 Å². The number of H-pyrrole nitrogens is 1. The SMILES string of the molecule is CC1CCCCN1C(=O)c1cc2ncccc2[nH]1. The third-order valence-corrected chi connectivity index (χ3v) is 3.68. The lowest BCUT2D eigenvalue weighted by atomic mass is 10.0. The van der Waals surface area contributed by atoms with Crippen LogP contribution in [0.4, 0.5) is 0 Å². The van der Waals surface area contributed by atoms with Crippen LogP contribution in [0, 0.1) is 0 Å². The molecule has 3 rings (SSSR count). The molecule has 1 saturated heterocycles. The molecule has 94 valence electrons. The Hall–Kier alpha value is -1.84. The standard InChI is InChI=1S/C14H17N3O/c1-10-5-2-3-8-17(10)14(18)13-9-12-11(16-13)6-4-7-15-12/h4,6-7,9-10,16H,2-3,5,8H2,1H3. The van der Waals surface area contributed by atoms with E-state index in [2.05, 4.69) is 16.9 Å². The van der Waals surface area contributed by atoms with Gasteiger partial charge in [0.25, 0.3) is 5.91 Å². The van der Waals surface area contributed by atoms with Gasteiger partial charge in [0.15, 0.2) is 0 Å². The first-order valence-corrected chi connectivity index (χ1v) is 6.50. The summed E-state index contributed by atoms with van der Waals surface area (Å²) in [5.41, 5.74) is 2.42. The summed E-state index contributed by atoms with van der Waals surface area (Å²) in [4.78, 5) is 21.8. The molecule has 4 heteroatoms. The first-order valence-electron chi connectivity index (χ1n) is 6.50. The van der Waals surface area contributed by atoms with E-state index in [1.165, 1.54) is 6.42 Å². The maximum Gasteiger partial charge on any atom is 0.270 e. The molecule has 3 heterocycles. The van der Waals surface area contributed by atoms with Crippen LogP contribution in [0.15, 0.2) is 24.4 Å². The van der Waals surface area contributed by atoms with Crippen LogP contribution in [0.1, 0.15) is 36.7 Å². The largest absolute Gasteiger partial charge is 0.349 e. The average Bonchev–Trinajstić information content (AvgIpc) is 2.82. The van der Waals surface area contributed by atoms with Gasteiger partial charge >= 0.3 is 0 Å². The molecule has 0 aromatic carbocycles. The molecule has 1 N–H and O–H groups in total. The Morgan fingerprint density at radius 3 is 3.17 bits per heavy atom. The van der Waals surface area contributed by atoms with Crippen LogP contribution in [0.2, 0.25) is 0 Å². The highest BCUT2D eigenvalue weighted by Gasteiger charge is 2.25. The average molecular weight is 243 g/mol. The highest BCUT2D eigenvalue weighted by molar-refractivity contribution is 5.97. The first-order chi connectivity index (χ1) is 8.75. The van der Waals surface area contributed by atoms with E-state index in [4.69, 9.17) is 0 Å². The highest BCUT2D eigenvalue weighted by atomic mass is 16.2. The van der Waals surface area contributed by atoms with Crippen molar-refractivity contribution in [2.45, 2.75) is 32.2 Å². The lowest BCUT2D eigenvalue weighted by molar-refractivity contribution is 0.0630. The number of hydrogen-bond acceptors (Lipinski definition) is 2. The number of carbonyl (C=O) groups is 1. The molecule has 1 aliphatic rings. The van der Waals surface area contributed by atoms with Gasteiger partial charge in [-0.3, -0.25) is 9.78 Å². The highest BCUT2D eigenvalue weighted by Crippen LogP contribution is 2.20. The van der Waals surface area contributed by atoms with Crippen molar-refractivity contribution < 1.29 is 4.79 Å². The van der Waals surface area contributed by atoms with E-state index in [0.717, 1.165) is 30.4 Å². The molecule has 1 unspecified atom stereocenters. The Morgan fingerprint density at radius 1 is 1.50 bits per heavy atom. The molecule has 1 amide bonds. The molecule has 18 heavy (non-hydrogen) atoms. The quantitative estimate of drug-likeness (QED) is 0.836. The summed E-state index contributed by atoms with van der Waals surface area (Å²) < 4.78 is 0. The predicted molar refractivity (Wildman–Crippen MR) is 70.4 cm³/mol. The van der Waals surface area contributed by atoms with E-state index in [1.807, 2.05) is 23.1 Å². The van der Waals surface area contributed by atoms with Crippen molar-refractivity contribution in [3.8, 4) is 0 Å². The van der Waals surface area contributed by atoms with Crippen molar-refractivity contribution in [3.05, 3.63) is 30.1 Å². The molecule has 2 aromatic rings. The van der Waals surface area contributed by atoms with Gasteiger partial charge in [-0.1, -0.05) is 0 Å². The number of aromatic amines is 1. The summed E-state index contributed by atoms with van der Waals surface area (Å²) in [5, 5.41) is 0. The zero-order valence-electron chi connectivity index (χ0n) is 10.5. The smallest absolute Gasteiger partial charge is 0.270 e. The minimum Gasteiger partial charge on any atom is -0.349 e. The van der Waals surface area contributed by atoms with Crippen molar-refractivity contribution in [3.63, 3.8) is 0 Å². The van der Waals surface area contributed by atoms with Gasteiger partial charge in [0.05, 0.1) is 11.0 Å². The zero-order chi connectivity index (χ0) is 12.5. The van der Waals surface area contributed by atoms with Crippen molar-refractivity contribution in [1.82, 2.24) is 14.9 Å². The maximum absolute atomic E-state index is 12.4. The number of rotatable bonds is 1. The molecule has 0 bridgehead atoms. The van der Waals surface area contributed by atoms with Gasteiger partial charge in [0.2, 0.25) is 0 Å². The lowest BCUT2D eigenvalue weighted by Gasteiger charge is -2.33. The van der Waals surface area contributed by atoms with Gasteiger partial charge in [-0.25, -0.2) is 0 Å². The van der Waals surface area contributed by atoms with Crippen LogP contribution in [-0.2, 0) is 0 Å². The summed E-state index contributed by atoms with van der Waals surface area (Å²) >= 11 is 0. The molecule has 0 aliphatic carbocycles. The molecule has 1 atom stereocenters. The van der Waals surface area contributed by atoms with Gasteiger partial charge in [-0.15, -0.1) is 0 Å². The van der Waals surface area contributed by atoms with E-state index in [-0.39, 0.29) is 5.91 Å². The second kappa shape index (κ2) is 4.44. The third kappa shape index (κ3) is 1.88. The normalized spacial score (nSPS) is 20.3. The zero-order valence-corrected chi connectivity index (χ0v) is 10.5. The molecule has 0 spiro atoms. The van der Waals surface area contributed by atoms with Crippen LogP contribution >= 0.6 is 0 Å². The number of amides is 1. The van der Waals surface area contributed by atoms with Crippen molar-refractivity contribution in [2.75, 3.05) is 6.54 Å². The molecule has 0 radical (unpaired) electrons. The minimum absolute atomic E-state index is 0.0974. The van der Waals surface area contributed by atoms with Gasteiger partial charge in [-0.05, 0) is 44.4 Å². The van der Waals surface area contributed by atoms with Crippen LogP contribution in [0.25, 0.3) is 11.0 Å². The molecule has 0 saturated carbocycles. The number of nitrogens with zero attached hydrogens (tertiary/aromatic N) is 2. The fraction of sp³-hybridized carbons (Fsp3) is 0.429. The Balaban J connectivity index is 1.91. The van der Waals surface area contributed by atoms with Crippen molar-refractivity contribution >= 4 is 16.9 Å². The summed E-state index contributed by atoms with van der Waals surface area (Å²) in [6, 6.07) is 6.00. The van der Waals surface area contributed by atoms with Crippen molar-refractivity contribution in [2.24, 2.45) is 0 Å². The number of piperidine rings is 1. The Kier molecular flexibility index (Phi) is 2.78. The van der Waals surface area contributed by atoms with E-state index in [0.29, 0.717) is 11.7 Å². The molecule has 2 aromatic heterocycles. The predicted octanol–water partition coefficient (Wildman–Crippen LogP) is 2.58. The van der Waals surface area contributed by atoms with E-state index in [1.54, 1.807) is 6.20 Å². The number of likely N-dealkylation sites (tertiary alicyclic amines) is 1. The van der Waals surface area contributed by atoms with E-state index < -0.39 is 0 Å². The fourth-order valence-corrected chi connectivity index (χ4v) is 2.63. The molecule has 1 aliphatic heterocycles. The van der Waals surface area contributed by atoms with Crippen LogP contribution < -0.4 is 0 Å². The van der Waals surface area contributed by atoms with E-state index >= 15 is 0 Å². The fourth-order valence-electron chi connectivity index (χ4n) is 2.63. The minimum atomic E-state index is 0.0974. The Labute approximate surface area is 106 Å². The number of hydrogen-bond donors (Lipinski definition) is 1. The second-order valence-corrected chi connectivity index (χ2v) is 4.96. The summed E-state index contributed by atoms with van der Waals surface area (Å²) in [6.45, 7) is 2.99. The summed E-state index contributed by atoms with van der Waals surface area (Å²) in [7, 11) is 0. The maximum atomic E-state index is 12.4. The Morgan fingerprint density at radius 2 is 2.39 bits per heavy atom. The van der Waals surface area contributed by atoms with Crippen molar-refractivity contribution in [1.29, 1.82) is 0 Å². The second-order valence-electron chi connectivity index (χ2n) is 4.96.